The minimum atomic E-state index is -0.0723. The van der Waals surface area contributed by atoms with Gasteiger partial charge in [-0.3, -0.25) is 9.79 Å². The summed E-state index contributed by atoms with van der Waals surface area (Å²) in [5.41, 5.74) is 2.72. The number of aryl methyl sites for hydroxylation is 1. The number of aromatic nitrogens is 1. The highest BCUT2D eigenvalue weighted by Crippen LogP contribution is 2.32. The van der Waals surface area contributed by atoms with Crippen molar-refractivity contribution in [2.24, 2.45) is 4.99 Å². The number of hydrogen-bond donors (Lipinski definition) is 0. The first kappa shape index (κ1) is 19.5. The normalized spacial score (nSPS) is 15.9. The smallest absolute Gasteiger partial charge is 0.161 e. The number of nitriles is 1. The lowest BCUT2D eigenvalue weighted by Crippen LogP contribution is -2.08. The molecule has 1 aromatic carbocycles. The summed E-state index contributed by atoms with van der Waals surface area (Å²) in [6.45, 7) is 4.04. The molecule has 0 N–H and O–H groups in total. The average molecular weight is 398 g/mol. The standard InChI is InChI=1S/C20H19N3O2S2/c1-12-18(13(2)24)8-15(9-21)20(23-12)26-11-17-10-22-19(27-17)14-4-6-16(25-3)7-5-14/h4-8,17H,10-11H2,1-3H3. The average Bonchev–Trinajstić information content (AvgIpc) is 3.15. The predicted octanol–water partition coefficient (Wildman–Crippen LogP) is 4.13. The molecule has 27 heavy (non-hydrogen) atoms. The summed E-state index contributed by atoms with van der Waals surface area (Å²) in [5, 5.41) is 11.4. The molecule has 1 aliphatic heterocycles. The zero-order chi connectivity index (χ0) is 19.4. The number of thioether (sulfide) groups is 2. The molecule has 0 spiro atoms. The first-order chi connectivity index (χ1) is 13.0. The van der Waals surface area contributed by atoms with E-state index >= 15 is 0 Å². The number of methoxy groups -OCH3 is 1. The molecule has 1 unspecified atom stereocenters. The first-order valence-corrected chi connectivity index (χ1v) is 10.3. The Balaban J connectivity index is 1.64. The second-order valence-corrected chi connectivity index (χ2v) is 8.37. The summed E-state index contributed by atoms with van der Waals surface area (Å²) in [4.78, 5) is 20.8. The van der Waals surface area contributed by atoms with Gasteiger partial charge in [0, 0.05) is 27.8 Å². The van der Waals surface area contributed by atoms with E-state index in [1.54, 1.807) is 43.6 Å². The molecule has 0 saturated heterocycles. The number of ketones is 1. The Morgan fingerprint density at radius 3 is 2.78 bits per heavy atom. The molecule has 0 saturated carbocycles. The van der Waals surface area contributed by atoms with Crippen LogP contribution in [0.4, 0.5) is 0 Å². The minimum absolute atomic E-state index is 0.0723. The molecule has 0 fully saturated rings. The Morgan fingerprint density at radius 1 is 1.41 bits per heavy atom. The summed E-state index contributed by atoms with van der Waals surface area (Å²) >= 11 is 3.29. The van der Waals surface area contributed by atoms with Gasteiger partial charge in [-0.15, -0.1) is 23.5 Å². The Labute approximate surface area is 167 Å². The van der Waals surface area contributed by atoms with Crippen LogP contribution in [0.5, 0.6) is 5.75 Å². The number of aliphatic imine (C=N–C) groups is 1. The molecule has 0 radical (unpaired) electrons. The number of hydrogen-bond acceptors (Lipinski definition) is 7. The van der Waals surface area contributed by atoms with E-state index in [1.807, 2.05) is 24.3 Å². The highest BCUT2D eigenvalue weighted by Gasteiger charge is 2.22. The van der Waals surface area contributed by atoms with E-state index in [4.69, 9.17) is 4.74 Å². The number of carbonyl (C=O) groups excluding carboxylic acids is 1. The van der Waals surface area contributed by atoms with Gasteiger partial charge in [0.05, 0.1) is 24.3 Å². The molecule has 0 bridgehead atoms. The van der Waals surface area contributed by atoms with Crippen molar-refractivity contribution in [2.75, 3.05) is 19.4 Å². The molecule has 2 aromatic rings. The first-order valence-electron chi connectivity index (χ1n) is 8.42. The van der Waals surface area contributed by atoms with Crippen LogP contribution in [-0.2, 0) is 0 Å². The van der Waals surface area contributed by atoms with Crippen LogP contribution in [-0.4, -0.2) is 40.5 Å². The Hall–Kier alpha value is -2.30. The van der Waals surface area contributed by atoms with Gasteiger partial charge in [-0.25, -0.2) is 4.98 Å². The van der Waals surface area contributed by atoms with E-state index in [-0.39, 0.29) is 5.78 Å². The number of rotatable bonds is 6. The van der Waals surface area contributed by atoms with Gasteiger partial charge in [0.1, 0.15) is 16.8 Å². The van der Waals surface area contributed by atoms with Crippen molar-refractivity contribution < 1.29 is 9.53 Å². The summed E-state index contributed by atoms with van der Waals surface area (Å²) in [6.07, 6.45) is 0. The van der Waals surface area contributed by atoms with E-state index in [1.165, 1.54) is 6.92 Å². The number of carbonyl (C=O) groups is 1. The monoisotopic (exact) mass is 397 g/mol. The van der Waals surface area contributed by atoms with Crippen LogP contribution in [0.2, 0.25) is 0 Å². The molecule has 0 aliphatic carbocycles. The molecular formula is C20H19N3O2S2. The van der Waals surface area contributed by atoms with Gasteiger partial charge in [-0.1, -0.05) is 0 Å². The third-order valence-electron chi connectivity index (χ3n) is 4.14. The maximum Gasteiger partial charge on any atom is 0.161 e. The second kappa shape index (κ2) is 8.59. The molecule has 5 nitrogen and oxygen atoms in total. The lowest BCUT2D eigenvalue weighted by molar-refractivity contribution is 0.101. The largest absolute Gasteiger partial charge is 0.497 e. The highest BCUT2D eigenvalue weighted by atomic mass is 32.2. The number of pyridine rings is 1. The van der Waals surface area contributed by atoms with Crippen molar-refractivity contribution in [1.82, 2.24) is 4.98 Å². The lowest BCUT2D eigenvalue weighted by atomic mass is 10.1. The van der Waals surface area contributed by atoms with Crippen molar-refractivity contribution in [3.63, 3.8) is 0 Å². The van der Waals surface area contributed by atoms with Crippen LogP contribution in [0.3, 0.4) is 0 Å². The minimum Gasteiger partial charge on any atom is -0.497 e. The van der Waals surface area contributed by atoms with E-state index in [0.29, 0.717) is 27.1 Å². The SMILES string of the molecule is COc1ccc(C2=NCC(CSc3nc(C)c(C(C)=O)cc3C#N)S2)cc1. The summed E-state index contributed by atoms with van der Waals surface area (Å²) in [5.74, 6) is 1.56. The van der Waals surface area contributed by atoms with Crippen molar-refractivity contribution in [3.8, 4) is 11.8 Å². The highest BCUT2D eigenvalue weighted by molar-refractivity contribution is 8.16. The van der Waals surface area contributed by atoms with Crippen LogP contribution in [0.25, 0.3) is 0 Å². The molecule has 7 heteroatoms. The van der Waals surface area contributed by atoms with Gasteiger partial charge in [0.2, 0.25) is 0 Å². The molecular weight excluding hydrogens is 378 g/mol. The van der Waals surface area contributed by atoms with Gasteiger partial charge in [-0.05, 0) is 44.2 Å². The van der Waals surface area contributed by atoms with Gasteiger partial charge >= 0.3 is 0 Å². The van der Waals surface area contributed by atoms with E-state index in [0.717, 1.165) is 28.7 Å². The Bertz CT molecular complexity index is 933. The van der Waals surface area contributed by atoms with E-state index in [9.17, 15) is 10.1 Å². The van der Waals surface area contributed by atoms with E-state index < -0.39 is 0 Å². The summed E-state index contributed by atoms with van der Waals surface area (Å²) < 4.78 is 5.19. The van der Waals surface area contributed by atoms with Crippen molar-refractivity contribution in [2.45, 2.75) is 24.1 Å². The van der Waals surface area contributed by atoms with Crippen LogP contribution >= 0.6 is 23.5 Å². The molecule has 1 aliphatic rings. The fourth-order valence-electron chi connectivity index (χ4n) is 2.70. The van der Waals surface area contributed by atoms with Crippen molar-refractivity contribution >= 4 is 34.4 Å². The molecule has 0 amide bonds. The zero-order valence-electron chi connectivity index (χ0n) is 15.4. The number of benzene rings is 1. The summed E-state index contributed by atoms with van der Waals surface area (Å²) in [6, 6.07) is 11.7. The zero-order valence-corrected chi connectivity index (χ0v) is 17.0. The van der Waals surface area contributed by atoms with Crippen LogP contribution < -0.4 is 4.74 Å². The number of nitrogens with zero attached hydrogens (tertiary/aromatic N) is 3. The predicted molar refractivity (Wildman–Crippen MR) is 110 cm³/mol. The fraction of sp³-hybridized carbons (Fsp3) is 0.300. The van der Waals surface area contributed by atoms with Gasteiger partial charge < -0.3 is 4.74 Å². The van der Waals surface area contributed by atoms with Gasteiger partial charge in [0.15, 0.2) is 5.78 Å². The Morgan fingerprint density at radius 2 is 2.15 bits per heavy atom. The molecule has 138 valence electrons. The van der Waals surface area contributed by atoms with E-state index in [2.05, 4.69) is 16.0 Å². The van der Waals surface area contributed by atoms with Crippen LogP contribution in [0.1, 0.15) is 34.1 Å². The third kappa shape index (κ3) is 4.52. The van der Waals surface area contributed by atoms with Gasteiger partial charge in [0.25, 0.3) is 0 Å². The van der Waals surface area contributed by atoms with Crippen LogP contribution in [0.15, 0.2) is 40.4 Å². The summed E-state index contributed by atoms with van der Waals surface area (Å²) in [7, 11) is 1.65. The number of Topliss-reactive ketones (excluding diaryl/α,β-unsaturated/α-hetero) is 1. The molecule has 3 rings (SSSR count). The number of ether oxygens (including phenoxy) is 1. The lowest BCUT2D eigenvalue weighted by Gasteiger charge is -2.11. The van der Waals surface area contributed by atoms with Crippen molar-refractivity contribution in [3.05, 3.63) is 52.7 Å². The van der Waals surface area contributed by atoms with Crippen LogP contribution in [0, 0.1) is 18.3 Å². The fourth-order valence-corrected chi connectivity index (χ4v) is 4.97. The Kier molecular flexibility index (Phi) is 6.19. The molecule has 1 atom stereocenters. The van der Waals surface area contributed by atoms with Gasteiger partial charge in [-0.2, -0.15) is 5.26 Å². The topological polar surface area (TPSA) is 75.3 Å². The quantitative estimate of drug-likeness (QED) is 0.539. The third-order valence-corrected chi connectivity index (χ3v) is 6.74. The maximum absolute atomic E-state index is 11.6. The van der Waals surface area contributed by atoms with Crippen molar-refractivity contribution in [1.29, 1.82) is 5.26 Å². The maximum atomic E-state index is 11.6. The molecule has 1 aromatic heterocycles. The second-order valence-electron chi connectivity index (χ2n) is 6.07. The molecule has 2 heterocycles.